The molecule has 0 aromatic heterocycles. The van der Waals surface area contributed by atoms with Gasteiger partial charge >= 0.3 is 113 Å². The molecular formula is C16H22Zr. The van der Waals surface area contributed by atoms with Crippen LogP contribution in [0.15, 0.2) is 41.0 Å². The van der Waals surface area contributed by atoms with Crippen molar-refractivity contribution in [1.29, 1.82) is 0 Å². The van der Waals surface area contributed by atoms with Crippen molar-refractivity contribution in [3.05, 3.63) is 41.0 Å². The van der Waals surface area contributed by atoms with Crippen LogP contribution in [0.5, 0.6) is 0 Å². The van der Waals surface area contributed by atoms with Gasteiger partial charge in [0.05, 0.1) is 0 Å². The van der Waals surface area contributed by atoms with Gasteiger partial charge in [-0.05, 0) is 0 Å². The summed E-state index contributed by atoms with van der Waals surface area (Å²) in [5.41, 5.74) is 6.09. The molecular weight excluding hydrogens is 283 g/mol. The Bertz CT molecular complexity index is 510. The SMILES string of the molecule is [CH2]=[Zr]([C]1=CC(C)=CC1)[C]1=C(C)C(C)=C(C)C1C. The Balaban J connectivity index is 2.33. The van der Waals surface area contributed by atoms with E-state index in [9.17, 15) is 0 Å². The molecule has 0 N–H and O–H groups in total. The minimum absolute atomic E-state index is 0.656. The fourth-order valence-electron chi connectivity index (χ4n) is 2.90. The van der Waals surface area contributed by atoms with Gasteiger partial charge in [0.1, 0.15) is 0 Å². The molecule has 0 aromatic rings. The second-order valence-electron chi connectivity index (χ2n) is 5.37. The van der Waals surface area contributed by atoms with Gasteiger partial charge in [-0.15, -0.1) is 0 Å². The van der Waals surface area contributed by atoms with Crippen LogP contribution in [0.1, 0.15) is 41.0 Å². The fourth-order valence-corrected chi connectivity index (χ4v) is 8.98. The molecule has 0 aliphatic heterocycles. The third-order valence-corrected chi connectivity index (χ3v) is 10.7. The van der Waals surface area contributed by atoms with E-state index >= 15 is 0 Å². The van der Waals surface area contributed by atoms with E-state index in [-0.39, 0.29) is 0 Å². The predicted molar refractivity (Wildman–Crippen MR) is 73.8 cm³/mol. The van der Waals surface area contributed by atoms with Gasteiger partial charge in [0.2, 0.25) is 0 Å². The molecule has 2 rings (SSSR count). The molecule has 0 bridgehead atoms. The Labute approximate surface area is 113 Å². The Morgan fingerprint density at radius 3 is 2.24 bits per heavy atom. The zero-order valence-electron chi connectivity index (χ0n) is 11.6. The van der Waals surface area contributed by atoms with Crippen molar-refractivity contribution >= 4 is 4.21 Å². The molecule has 2 aliphatic rings. The molecule has 0 aromatic carbocycles. The summed E-state index contributed by atoms with van der Waals surface area (Å²) in [6, 6.07) is 0. The molecule has 0 fully saturated rings. The van der Waals surface area contributed by atoms with Crippen molar-refractivity contribution in [3.63, 3.8) is 0 Å². The van der Waals surface area contributed by atoms with Gasteiger partial charge in [-0.3, -0.25) is 0 Å². The quantitative estimate of drug-likeness (QED) is 0.703. The summed E-state index contributed by atoms with van der Waals surface area (Å²) in [6.07, 6.45) is 5.92. The maximum absolute atomic E-state index is 4.62. The molecule has 90 valence electrons. The van der Waals surface area contributed by atoms with Crippen LogP contribution in [0, 0.1) is 5.92 Å². The van der Waals surface area contributed by atoms with E-state index < -0.39 is 21.3 Å². The van der Waals surface area contributed by atoms with Crippen molar-refractivity contribution in [1.82, 2.24) is 0 Å². The molecule has 0 heterocycles. The summed E-state index contributed by atoms with van der Waals surface area (Å²) in [7, 11) is 0. The second kappa shape index (κ2) is 4.77. The molecule has 0 amide bonds. The van der Waals surface area contributed by atoms with Crippen LogP contribution >= 0.6 is 0 Å². The topological polar surface area (TPSA) is 0 Å². The summed E-state index contributed by atoms with van der Waals surface area (Å²) in [4.78, 5) is 0. The second-order valence-corrected chi connectivity index (χ2v) is 10.6. The zero-order chi connectivity index (χ0) is 12.7. The first kappa shape index (κ1) is 13.2. The molecule has 1 heteroatoms. The molecule has 17 heavy (non-hydrogen) atoms. The van der Waals surface area contributed by atoms with Crippen molar-refractivity contribution in [2.24, 2.45) is 5.92 Å². The van der Waals surface area contributed by atoms with Gasteiger partial charge in [-0.1, -0.05) is 0 Å². The van der Waals surface area contributed by atoms with Gasteiger partial charge in [0.15, 0.2) is 0 Å². The van der Waals surface area contributed by atoms with E-state index in [4.69, 9.17) is 0 Å². The molecule has 0 nitrogen and oxygen atoms in total. The summed E-state index contributed by atoms with van der Waals surface area (Å²) >= 11 is -1.76. The molecule has 0 saturated carbocycles. The molecule has 1 unspecified atom stereocenters. The Morgan fingerprint density at radius 2 is 1.82 bits per heavy atom. The average Bonchev–Trinajstić information content (AvgIpc) is 2.79. The van der Waals surface area contributed by atoms with E-state index in [1.807, 2.05) is 0 Å². The molecule has 1 atom stereocenters. The van der Waals surface area contributed by atoms with Gasteiger partial charge in [0, 0.05) is 0 Å². The average molecular weight is 306 g/mol. The fraction of sp³-hybridized carbons (Fsp3) is 0.438. The number of allylic oxidation sites excluding steroid dienone is 8. The van der Waals surface area contributed by atoms with Crippen molar-refractivity contribution < 1.29 is 21.3 Å². The molecule has 0 spiro atoms. The van der Waals surface area contributed by atoms with E-state index in [2.05, 4.69) is 51.0 Å². The number of hydrogen-bond acceptors (Lipinski definition) is 0. The summed E-state index contributed by atoms with van der Waals surface area (Å²) in [5.74, 6) is 0.656. The Morgan fingerprint density at radius 1 is 1.18 bits per heavy atom. The third-order valence-electron chi connectivity index (χ3n) is 4.40. The molecule has 2 aliphatic carbocycles. The maximum atomic E-state index is 4.62. The summed E-state index contributed by atoms with van der Waals surface area (Å²) in [6.45, 7) is 11.4. The van der Waals surface area contributed by atoms with E-state index in [0.29, 0.717) is 5.92 Å². The van der Waals surface area contributed by atoms with Crippen molar-refractivity contribution in [2.45, 2.75) is 41.0 Å². The van der Waals surface area contributed by atoms with E-state index in [1.165, 1.54) is 17.6 Å². The van der Waals surface area contributed by atoms with Gasteiger partial charge in [0.25, 0.3) is 0 Å². The van der Waals surface area contributed by atoms with Crippen LogP contribution in [0.2, 0.25) is 0 Å². The zero-order valence-corrected chi connectivity index (χ0v) is 14.1. The standard InChI is InChI=1S/C9H13.C6H7.CH2.Zr/c1-6-5-7(2)9(4)8(6)3;1-6-4-2-3-5-6;;/h6H,1-4H3;4-5H,2H2,1H3;1H2;. The minimum atomic E-state index is -1.76. The molecule has 0 radical (unpaired) electrons. The van der Waals surface area contributed by atoms with Crippen molar-refractivity contribution in [3.8, 4) is 0 Å². The van der Waals surface area contributed by atoms with E-state index in [0.717, 1.165) is 0 Å². The van der Waals surface area contributed by atoms with Crippen LogP contribution in [-0.2, 0) is 21.3 Å². The normalized spacial score (nSPS) is 24.4. The Kier molecular flexibility index (Phi) is 3.69. The van der Waals surface area contributed by atoms with Crippen LogP contribution in [-0.4, -0.2) is 4.21 Å². The van der Waals surface area contributed by atoms with Crippen LogP contribution in [0.25, 0.3) is 0 Å². The number of rotatable bonds is 2. The Hall–Kier alpha value is -0.287. The predicted octanol–water partition coefficient (Wildman–Crippen LogP) is 4.53. The number of hydrogen-bond donors (Lipinski definition) is 0. The monoisotopic (exact) mass is 304 g/mol. The van der Waals surface area contributed by atoms with Gasteiger partial charge in [-0.2, -0.15) is 0 Å². The van der Waals surface area contributed by atoms with Crippen LogP contribution in [0.3, 0.4) is 0 Å². The summed E-state index contributed by atoms with van der Waals surface area (Å²) in [5, 5.41) is 0. The first-order valence-corrected chi connectivity index (χ1v) is 10.6. The van der Waals surface area contributed by atoms with Crippen LogP contribution < -0.4 is 0 Å². The van der Waals surface area contributed by atoms with Crippen molar-refractivity contribution in [2.75, 3.05) is 0 Å². The summed E-state index contributed by atoms with van der Waals surface area (Å²) < 4.78 is 8.02. The molecule has 0 saturated heterocycles. The van der Waals surface area contributed by atoms with Crippen LogP contribution in [0.4, 0.5) is 0 Å². The van der Waals surface area contributed by atoms with Gasteiger partial charge in [-0.25, -0.2) is 0 Å². The first-order chi connectivity index (χ1) is 7.93. The third kappa shape index (κ3) is 2.19. The first-order valence-electron chi connectivity index (χ1n) is 6.39. The van der Waals surface area contributed by atoms with Gasteiger partial charge < -0.3 is 0 Å². The van der Waals surface area contributed by atoms with E-state index in [1.54, 1.807) is 17.7 Å².